The molecule has 0 spiro atoms. The first kappa shape index (κ1) is 17.3. The third-order valence-corrected chi connectivity index (χ3v) is 3.70. The van der Waals surface area contributed by atoms with Gasteiger partial charge in [-0.05, 0) is 48.5 Å². The molecule has 5 nitrogen and oxygen atoms in total. The van der Waals surface area contributed by atoms with Crippen LogP contribution in [0.3, 0.4) is 0 Å². The minimum atomic E-state index is -0.488. The smallest absolute Gasteiger partial charge is 0.444 e. The number of ether oxygens (including phenoxy) is 1. The number of hydrogen-bond donors (Lipinski definition) is 1. The predicted molar refractivity (Wildman–Crippen MR) is 79.7 cm³/mol. The quantitative estimate of drug-likeness (QED) is 0.810. The Labute approximate surface area is 122 Å². The van der Waals surface area contributed by atoms with E-state index in [4.69, 9.17) is 14.0 Å². The minimum Gasteiger partial charge on any atom is -0.444 e. The summed E-state index contributed by atoms with van der Waals surface area (Å²) in [5, 5.41) is 2.75. The molecule has 0 bridgehead atoms. The highest BCUT2D eigenvalue weighted by molar-refractivity contribution is 6.47. The fourth-order valence-electron chi connectivity index (χ4n) is 1.78. The highest BCUT2D eigenvalue weighted by Crippen LogP contribution is 2.39. The Morgan fingerprint density at radius 3 is 2.05 bits per heavy atom. The fourth-order valence-corrected chi connectivity index (χ4v) is 1.78. The largest absolute Gasteiger partial charge is 0.462 e. The van der Waals surface area contributed by atoms with Gasteiger partial charge in [-0.15, -0.1) is 0 Å². The maximum Gasteiger partial charge on any atom is 0.462 e. The standard InChI is InChI=1S/C14H28BNO4/c1-10(9-16-11(17)18-12(2,3)4)15-19-13(5,6)14(7,8)20-15/h10H,9H2,1-8H3,(H,16,17). The molecule has 1 rings (SSSR count). The van der Waals surface area contributed by atoms with E-state index in [1.165, 1.54) is 0 Å². The Morgan fingerprint density at radius 1 is 1.20 bits per heavy atom. The van der Waals surface area contributed by atoms with Crippen LogP contribution in [0.15, 0.2) is 0 Å². The van der Waals surface area contributed by atoms with Gasteiger partial charge in [0.05, 0.1) is 11.2 Å². The van der Waals surface area contributed by atoms with Crippen LogP contribution in [0.25, 0.3) is 0 Å². The molecule has 1 saturated heterocycles. The van der Waals surface area contributed by atoms with Crippen molar-refractivity contribution >= 4 is 13.2 Å². The predicted octanol–water partition coefficient (Wildman–Crippen LogP) is 2.99. The van der Waals surface area contributed by atoms with E-state index in [0.29, 0.717) is 6.54 Å². The summed E-state index contributed by atoms with van der Waals surface area (Å²) in [6.45, 7) is 16.0. The maximum absolute atomic E-state index is 11.6. The van der Waals surface area contributed by atoms with Crippen LogP contribution in [0.5, 0.6) is 0 Å². The van der Waals surface area contributed by atoms with Crippen LogP contribution < -0.4 is 5.32 Å². The van der Waals surface area contributed by atoms with Crippen molar-refractivity contribution in [1.82, 2.24) is 5.32 Å². The van der Waals surface area contributed by atoms with Crippen molar-refractivity contribution in [2.45, 2.75) is 78.0 Å². The van der Waals surface area contributed by atoms with Gasteiger partial charge >= 0.3 is 13.2 Å². The van der Waals surface area contributed by atoms with E-state index < -0.39 is 11.7 Å². The molecule has 0 saturated carbocycles. The summed E-state index contributed by atoms with van der Waals surface area (Å²) in [6, 6.07) is 0. The Hall–Kier alpha value is -0.745. The normalized spacial score (nSPS) is 22.5. The average molecular weight is 285 g/mol. The van der Waals surface area contributed by atoms with Gasteiger partial charge in [-0.1, -0.05) is 6.92 Å². The highest BCUT2D eigenvalue weighted by Gasteiger charge is 2.52. The van der Waals surface area contributed by atoms with Crippen LogP contribution in [0.1, 0.15) is 55.4 Å². The Kier molecular flexibility index (Phi) is 4.81. The van der Waals surface area contributed by atoms with Crippen molar-refractivity contribution in [3.05, 3.63) is 0 Å². The van der Waals surface area contributed by atoms with E-state index in [-0.39, 0.29) is 24.1 Å². The molecule has 1 amide bonds. The van der Waals surface area contributed by atoms with Crippen molar-refractivity contribution in [2.75, 3.05) is 6.54 Å². The van der Waals surface area contributed by atoms with Gasteiger partial charge in [0.1, 0.15) is 5.60 Å². The van der Waals surface area contributed by atoms with Crippen LogP contribution in [0.4, 0.5) is 4.79 Å². The number of nitrogens with one attached hydrogen (secondary N) is 1. The number of carbonyl (C=O) groups excluding carboxylic acids is 1. The molecular weight excluding hydrogens is 257 g/mol. The summed E-state index contributed by atoms with van der Waals surface area (Å²) in [5.41, 5.74) is -1.19. The molecule has 1 heterocycles. The van der Waals surface area contributed by atoms with Crippen LogP contribution in [0, 0.1) is 0 Å². The first-order valence-corrected chi connectivity index (χ1v) is 7.16. The number of alkyl carbamates (subject to hydrolysis) is 1. The van der Waals surface area contributed by atoms with E-state index in [1.54, 1.807) is 0 Å². The zero-order valence-electron chi connectivity index (χ0n) is 14.0. The molecule has 0 radical (unpaired) electrons. The third kappa shape index (κ3) is 4.38. The monoisotopic (exact) mass is 285 g/mol. The second-order valence-electron chi connectivity index (χ2n) is 7.48. The van der Waals surface area contributed by atoms with Crippen molar-refractivity contribution in [2.24, 2.45) is 0 Å². The van der Waals surface area contributed by atoms with E-state index in [0.717, 1.165) is 0 Å². The van der Waals surface area contributed by atoms with Crippen LogP contribution in [0.2, 0.25) is 5.82 Å². The molecule has 1 N–H and O–H groups in total. The van der Waals surface area contributed by atoms with Gasteiger partial charge in [0.25, 0.3) is 0 Å². The lowest BCUT2D eigenvalue weighted by molar-refractivity contribution is 0.00578. The first-order chi connectivity index (χ1) is 8.84. The summed E-state index contributed by atoms with van der Waals surface area (Å²) in [5.74, 6) is 0.0450. The van der Waals surface area contributed by atoms with Crippen molar-refractivity contribution in [3.8, 4) is 0 Å². The van der Waals surface area contributed by atoms with Gasteiger partial charge in [-0.25, -0.2) is 4.79 Å². The molecule has 1 unspecified atom stereocenters. The summed E-state index contributed by atoms with van der Waals surface area (Å²) in [4.78, 5) is 11.6. The van der Waals surface area contributed by atoms with Crippen LogP contribution >= 0.6 is 0 Å². The van der Waals surface area contributed by atoms with Gasteiger partial charge < -0.3 is 19.4 Å². The summed E-state index contributed by atoms with van der Waals surface area (Å²) in [7, 11) is -0.324. The highest BCUT2D eigenvalue weighted by atomic mass is 16.7. The minimum absolute atomic E-state index is 0.0450. The summed E-state index contributed by atoms with van der Waals surface area (Å²) in [6.07, 6.45) is -0.416. The van der Waals surface area contributed by atoms with Crippen LogP contribution in [-0.2, 0) is 14.0 Å². The molecule has 6 heteroatoms. The molecule has 0 aromatic carbocycles. The number of carbonyl (C=O) groups is 1. The average Bonchev–Trinajstić information content (AvgIpc) is 2.42. The van der Waals surface area contributed by atoms with Gasteiger partial charge in [0.15, 0.2) is 0 Å². The van der Waals surface area contributed by atoms with Crippen LogP contribution in [-0.4, -0.2) is 36.6 Å². The number of rotatable bonds is 3. The zero-order chi connectivity index (χ0) is 15.8. The molecule has 1 fully saturated rings. The van der Waals surface area contributed by atoms with Crippen molar-refractivity contribution in [3.63, 3.8) is 0 Å². The Bertz CT molecular complexity index is 347. The SMILES string of the molecule is CC(CNC(=O)OC(C)(C)C)B1OC(C)(C)C(C)(C)O1. The topological polar surface area (TPSA) is 56.8 Å². The van der Waals surface area contributed by atoms with Crippen molar-refractivity contribution in [1.29, 1.82) is 0 Å². The van der Waals surface area contributed by atoms with E-state index in [9.17, 15) is 4.79 Å². The van der Waals surface area contributed by atoms with E-state index in [1.807, 2.05) is 55.4 Å². The van der Waals surface area contributed by atoms with Gasteiger partial charge in [0.2, 0.25) is 0 Å². The van der Waals surface area contributed by atoms with E-state index >= 15 is 0 Å². The Balaban J connectivity index is 2.46. The van der Waals surface area contributed by atoms with Gasteiger partial charge in [-0.3, -0.25) is 0 Å². The summed E-state index contributed by atoms with van der Waals surface area (Å²) >= 11 is 0. The molecule has 20 heavy (non-hydrogen) atoms. The molecular formula is C14H28BNO4. The maximum atomic E-state index is 11.6. The van der Waals surface area contributed by atoms with Crippen molar-refractivity contribution < 1.29 is 18.8 Å². The molecule has 1 aliphatic rings. The Morgan fingerprint density at radius 2 is 1.65 bits per heavy atom. The lowest BCUT2D eigenvalue weighted by Crippen LogP contribution is -2.41. The van der Waals surface area contributed by atoms with Gasteiger partial charge in [-0.2, -0.15) is 0 Å². The lowest BCUT2D eigenvalue weighted by atomic mass is 9.73. The van der Waals surface area contributed by atoms with E-state index in [2.05, 4.69) is 5.32 Å². The molecule has 1 aliphatic heterocycles. The molecule has 116 valence electrons. The molecule has 0 aliphatic carbocycles. The number of amides is 1. The second-order valence-corrected chi connectivity index (χ2v) is 7.48. The number of hydrogen-bond acceptors (Lipinski definition) is 4. The zero-order valence-corrected chi connectivity index (χ0v) is 14.0. The summed E-state index contributed by atoms with van der Waals surface area (Å²) < 4.78 is 17.1. The van der Waals surface area contributed by atoms with Gasteiger partial charge in [0, 0.05) is 12.4 Å². The second kappa shape index (κ2) is 5.56. The first-order valence-electron chi connectivity index (χ1n) is 7.16. The lowest BCUT2D eigenvalue weighted by Gasteiger charge is -2.32. The third-order valence-electron chi connectivity index (χ3n) is 3.70. The molecule has 0 aromatic rings. The molecule has 0 aromatic heterocycles. The molecule has 1 atom stereocenters. The fraction of sp³-hybridized carbons (Fsp3) is 0.929.